The molecule has 58 valence electrons. The first-order valence-electron chi connectivity index (χ1n) is 3.31. The molecule has 0 fully saturated rings. The van der Waals surface area contributed by atoms with Gasteiger partial charge >= 0.3 is 0 Å². The van der Waals surface area contributed by atoms with E-state index in [0.29, 0.717) is 0 Å². The van der Waals surface area contributed by atoms with Gasteiger partial charge in [0.25, 0.3) is 0 Å². The Morgan fingerprint density at radius 3 is 2.64 bits per heavy atom. The number of Topliss-reactive ketones (excluding diaryl/α,β-unsaturated/α-hetero) is 1. The van der Waals surface area contributed by atoms with Crippen molar-refractivity contribution in [1.29, 1.82) is 0 Å². The van der Waals surface area contributed by atoms with Crippen molar-refractivity contribution in [3.05, 3.63) is 33.7 Å². The van der Waals surface area contributed by atoms with Gasteiger partial charge < -0.3 is 4.98 Å². The minimum Gasteiger partial charge on any atom is -0.364 e. The van der Waals surface area contributed by atoms with Crippen LogP contribution in [0.4, 0.5) is 0 Å². The number of carbonyl (C=O) groups is 1. The molecule has 0 unspecified atom stereocenters. The molecular formula is C8H9NO2. The Hall–Kier alpha value is -1.38. The number of aromatic amines is 1. The molecule has 0 saturated heterocycles. The van der Waals surface area contributed by atoms with Gasteiger partial charge in [-0.05, 0) is 13.8 Å². The van der Waals surface area contributed by atoms with Gasteiger partial charge in [0.05, 0.1) is 5.56 Å². The van der Waals surface area contributed by atoms with Crippen molar-refractivity contribution >= 4 is 5.78 Å². The molecular weight excluding hydrogens is 142 g/mol. The van der Waals surface area contributed by atoms with Gasteiger partial charge in [-0.3, -0.25) is 9.59 Å². The number of carbonyl (C=O) groups excluding carboxylic acids is 1. The predicted octanol–water partition coefficient (Wildman–Crippen LogP) is 0.886. The van der Waals surface area contributed by atoms with Crippen molar-refractivity contribution in [3.8, 4) is 0 Å². The summed E-state index contributed by atoms with van der Waals surface area (Å²) in [4.78, 5) is 24.6. The van der Waals surface area contributed by atoms with E-state index in [9.17, 15) is 9.59 Å². The molecule has 0 atom stereocenters. The molecule has 1 aromatic heterocycles. The van der Waals surface area contributed by atoms with Crippen LogP contribution >= 0.6 is 0 Å². The maximum Gasteiger partial charge on any atom is 0.192 e. The lowest BCUT2D eigenvalue weighted by Crippen LogP contribution is -2.12. The molecule has 0 aromatic carbocycles. The van der Waals surface area contributed by atoms with Crippen LogP contribution in [0.25, 0.3) is 0 Å². The molecule has 0 aliphatic heterocycles. The first-order chi connectivity index (χ1) is 5.11. The third-order valence-corrected chi connectivity index (χ3v) is 1.44. The second kappa shape index (κ2) is 2.70. The third kappa shape index (κ3) is 1.55. The number of aryl methyl sites for hydroxylation is 1. The Kier molecular flexibility index (Phi) is 1.89. The molecule has 0 bridgehead atoms. The number of ketones is 1. The van der Waals surface area contributed by atoms with E-state index in [4.69, 9.17) is 0 Å². The van der Waals surface area contributed by atoms with E-state index >= 15 is 0 Å². The summed E-state index contributed by atoms with van der Waals surface area (Å²) in [5, 5.41) is 0. The molecule has 0 spiro atoms. The van der Waals surface area contributed by atoms with Gasteiger partial charge in [-0.15, -0.1) is 0 Å². The van der Waals surface area contributed by atoms with Crippen LogP contribution in [0.1, 0.15) is 23.0 Å². The van der Waals surface area contributed by atoms with Gasteiger partial charge in [-0.1, -0.05) is 0 Å². The normalized spacial score (nSPS) is 9.64. The number of nitrogens with one attached hydrogen (secondary N) is 1. The van der Waals surface area contributed by atoms with E-state index in [1.54, 1.807) is 6.92 Å². The lowest BCUT2D eigenvalue weighted by atomic mass is 10.2. The monoisotopic (exact) mass is 151 g/mol. The molecule has 1 N–H and O–H groups in total. The summed E-state index contributed by atoms with van der Waals surface area (Å²) < 4.78 is 0. The van der Waals surface area contributed by atoms with Crippen LogP contribution in [-0.2, 0) is 0 Å². The Labute approximate surface area is 64.1 Å². The number of H-pyrrole nitrogens is 1. The first kappa shape index (κ1) is 7.72. The SMILES string of the molecule is CC(=O)c1c[nH]c(C)cc1=O. The summed E-state index contributed by atoms with van der Waals surface area (Å²) in [5.41, 5.74) is 0.768. The minimum absolute atomic E-state index is 0.203. The zero-order chi connectivity index (χ0) is 8.43. The second-order valence-corrected chi connectivity index (χ2v) is 2.45. The molecule has 1 rings (SSSR count). The fraction of sp³-hybridized carbons (Fsp3) is 0.250. The fourth-order valence-corrected chi connectivity index (χ4v) is 0.848. The maximum absolute atomic E-state index is 11.0. The maximum atomic E-state index is 11.0. The van der Waals surface area contributed by atoms with Crippen LogP contribution in [0.3, 0.4) is 0 Å². The number of rotatable bonds is 1. The fourth-order valence-electron chi connectivity index (χ4n) is 0.848. The summed E-state index contributed by atoms with van der Waals surface area (Å²) in [6.45, 7) is 3.14. The average Bonchev–Trinajstić information content (AvgIpc) is 1.85. The standard InChI is InChI=1S/C8H9NO2/c1-5-3-8(11)7(4-9-5)6(2)10/h3-4H,1-2H3,(H,9,11). The van der Waals surface area contributed by atoms with E-state index in [1.807, 2.05) is 0 Å². The van der Waals surface area contributed by atoms with Crippen molar-refractivity contribution in [2.24, 2.45) is 0 Å². The van der Waals surface area contributed by atoms with Crippen LogP contribution in [0, 0.1) is 6.92 Å². The molecule has 0 saturated carbocycles. The summed E-state index contributed by atoms with van der Waals surface area (Å²) >= 11 is 0. The molecule has 0 aliphatic rings. The van der Waals surface area contributed by atoms with Gasteiger partial charge in [0, 0.05) is 18.0 Å². The van der Waals surface area contributed by atoms with Crippen LogP contribution in [-0.4, -0.2) is 10.8 Å². The van der Waals surface area contributed by atoms with Crippen LogP contribution in [0.15, 0.2) is 17.1 Å². The predicted molar refractivity (Wildman–Crippen MR) is 41.8 cm³/mol. The molecule has 0 amide bonds. The molecule has 0 radical (unpaired) electrons. The lowest BCUT2D eigenvalue weighted by Gasteiger charge is -1.94. The highest BCUT2D eigenvalue weighted by Crippen LogP contribution is 1.92. The van der Waals surface area contributed by atoms with Crippen LogP contribution < -0.4 is 5.43 Å². The Morgan fingerprint density at radius 2 is 2.18 bits per heavy atom. The van der Waals surface area contributed by atoms with Crippen molar-refractivity contribution in [3.63, 3.8) is 0 Å². The summed E-state index contributed by atoms with van der Waals surface area (Å²) in [6, 6.07) is 1.41. The van der Waals surface area contributed by atoms with Crippen LogP contribution in [0.5, 0.6) is 0 Å². The summed E-state index contributed by atoms with van der Waals surface area (Å²) in [6.07, 6.45) is 1.44. The van der Waals surface area contributed by atoms with E-state index in [2.05, 4.69) is 4.98 Å². The molecule has 3 nitrogen and oxygen atoms in total. The molecule has 0 aliphatic carbocycles. The topological polar surface area (TPSA) is 49.9 Å². The minimum atomic E-state index is -0.214. The van der Waals surface area contributed by atoms with Crippen LogP contribution in [0.2, 0.25) is 0 Å². The number of pyridine rings is 1. The van der Waals surface area contributed by atoms with Gasteiger partial charge in [-0.25, -0.2) is 0 Å². The quantitative estimate of drug-likeness (QED) is 0.606. The van der Waals surface area contributed by atoms with Gasteiger partial charge in [0.1, 0.15) is 0 Å². The summed E-state index contributed by atoms with van der Waals surface area (Å²) in [5.74, 6) is -0.203. The third-order valence-electron chi connectivity index (χ3n) is 1.44. The van der Waals surface area contributed by atoms with E-state index in [0.717, 1.165) is 5.69 Å². The number of hydrogen-bond donors (Lipinski definition) is 1. The van der Waals surface area contributed by atoms with Crippen molar-refractivity contribution < 1.29 is 4.79 Å². The Morgan fingerprint density at radius 1 is 1.55 bits per heavy atom. The highest BCUT2D eigenvalue weighted by Gasteiger charge is 2.02. The highest BCUT2D eigenvalue weighted by molar-refractivity contribution is 5.93. The Balaban J connectivity index is 3.32. The van der Waals surface area contributed by atoms with E-state index < -0.39 is 0 Å². The molecule has 1 aromatic rings. The van der Waals surface area contributed by atoms with Crippen molar-refractivity contribution in [2.45, 2.75) is 13.8 Å². The number of hydrogen-bond acceptors (Lipinski definition) is 2. The smallest absolute Gasteiger partial charge is 0.192 e. The Bertz CT molecular complexity index is 338. The first-order valence-corrected chi connectivity index (χ1v) is 3.31. The zero-order valence-corrected chi connectivity index (χ0v) is 6.47. The van der Waals surface area contributed by atoms with Crippen molar-refractivity contribution in [1.82, 2.24) is 4.98 Å². The summed E-state index contributed by atoms with van der Waals surface area (Å²) in [7, 11) is 0. The lowest BCUT2D eigenvalue weighted by molar-refractivity contribution is 0.101. The van der Waals surface area contributed by atoms with Crippen molar-refractivity contribution in [2.75, 3.05) is 0 Å². The van der Waals surface area contributed by atoms with E-state index in [1.165, 1.54) is 19.2 Å². The van der Waals surface area contributed by atoms with Gasteiger partial charge in [-0.2, -0.15) is 0 Å². The number of aromatic nitrogens is 1. The zero-order valence-electron chi connectivity index (χ0n) is 6.47. The highest BCUT2D eigenvalue weighted by atomic mass is 16.1. The molecule has 11 heavy (non-hydrogen) atoms. The molecule has 1 heterocycles. The van der Waals surface area contributed by atoms with E-state index in [-0.39, 0.29) is 16.8 Å². The second-order valence-electron chi connectivity index (χ2n) is 2.45. The molecule has 3 heteroatoms. The largest absolute Gasteiger partial charge is 0.364 e. The van der Waals surface area contributed by atoms with Gasteiger partial charge in [0.2, 0.25) is 0 Å². The average molecular weight is 151 g/mol. The van der Waals surface area contributed by atoms with Gasteiger partial charge in [0.15, 0.2) is 11.2 Å².